The molecule has 0 saturated carbocycles. The third kappa shape index (κ3) is 2.18. The fraction of sp³-hybridized carbons (Fsp3) is 0.0667. The molecule has 0 aliphatic heterocycles. The first-order chi connectivity index (χ1) is 9.54. The molecule has 3 aromatic rings. The van der Waals surface area contributed by atoms with E-state index in [-0.39, 0.29) is 11.6 Å². The third-order valence-corrected chi connectivity index (χ3v) is 3.37. The van der Waals surface area contributed by atoms with E-state index in [1.807, 2.05) is 25.1 Å². The second kappa shape index (κ2) is 4.72. The second-order valence-corrected chi connectivity index (χ2v) is 4.98. The summed E-state index contributed by atoms with van der Waals surface area (Å²) in [6.07, 6.45) is 0. The number of hydrogen-bond acceptors (Lipinski definition) is 3. The number of aromatic nitrogens is 2. The Morgan fingerprint density at radius 3 is 2.65 bits per heavy atom. The van der Waals surface area contributed by atoms with E-state index in [1.165, 1.54) is 12.1 Å². The van der Waals surface area contributed by atoms with Crippen LogP contribution in [0, 0.1) is 12.7 Å². The van der Waals surface area contributed by atoms with Gasteiger partial charge in [-0.1, -0.05) is 17.7 Å². The average molecular weight is 288 g/mol. The molecule has 0 aliphatic rings. The Labute approximate surface area is 120 Å². The first kappa shape index (κ1) is 12.8. The zero-order valence-electron chi connectivity index (χ0n) is 10.7. The van der Waals surface area contributed by atoms with Crippen LogP contribution < -0.4 is 5.73 Å². The predicted molar refractivity (Wildman–Crippen MR) is 79.1 cm³/mol. The number of fused-ring (bicyclic) bond motifs is 1. The number of benzene rings is 2. The molecule has 0 saturated heterocycles. The van der Waals surface area contributed by atoms with Crippen LogP contribution in [0.1, 0.15) is 5.56 Å². The number of anilines is 1. The summed E-state index contributed by atoms with van der Waals surface area (Å²) in [6, 6.07) is 9.86. The van der Waals surface area contributed by atoms with Gasteiger partial charge in [0.05, 0.1) is 10.5 Å². The van der Waals surface area contributed by atoms with E-state index >= 15 is 0 Å². The second-order valence-electron chi connectivity index (χ2n) is 4.58. The molecule has 2 aromatic carbocycles. The van der Waals surface area contributed by atoms with Gasteiger partial charge in [-0.15, -0.1) is 0 Å². The maximum atomic E-state index is 13.2. The van der Waals surface area contributed by atoms with Gasteiger partial charge < -0.3 is 5.73 Å². The normalized spacial score (nSPS) is 10.9. The molecule has 0 bridgehead atoms. The van der Waals surface area contributed by atoms with E-state index in [1.54, 1.807) is 6.07 Å². The molecule has 0 radical (unpaired) electrons. The van der Waals surface area contributed by atoms with Crippen molar-refractivity contribution in [2.75, 3.05) is 5.73 Å². The smallest absolute Gasteiger partial charge is 0.163 e. The van der Waals surface area contributed by atoms with Crippen LogP contribution in [0.25, 0.3) is 22.3 Å². The number of halogens is 2. The average Bonchev–Trinajstić information content (AvgIpc) is 2.39. The highest BCUT2D eigenvalue weighted by molar-refractivity contribution is 6.33. The Kier molecular flexibility index (Phi) is 3.03. The molecule has 1 aromatic heterocycles. The molecule has 100 valence electrons. The van der Waals surface area contributed by atoms with Crippen molar-refractivity contribution < 1.29 is 4.39 Å². The summed E-state index contributed by atoms with van der Waals surface area (Å²) in [6.45, 7) is 1.95. The molecular formula is C15H11ClFN3. The Morgan fingerprint density at radius 1 is 1.10 bits per heavy atom. The molecule has 2 N–H and O–H groups in total. The predicted octanol–water partition coefficient (Wildman–Crippen LogP) is 3.98. The molecule has 0 unspecified atom stereocenters. The molecule has 0 amide bonds. The van der Waals surface area contributed by atoms with Crippen LogP contribution in [-0.2, 0) is 0 Å². The Morgan fingerprint density at radius 2 is 1.90 bits per heavy atom. The number of rotatable bonds is 1. The molecule has 3 nitrogen and oxygen atoms in total. The number of nitrogens with two attached hydrogens (primary N) is 1. The maximum Gasteiger partial charge on any atom is 0.163 e. The van der Waals surface area contributed by atoms with Crippen molar-refractivity contribution in [2.24, 2.45) is 0 Å². The minimum atomic E-state index is -0.367. The highest BCUT2D eigenvalue weighted by atomic mass is 35.5. The SMILES string of the molecule is Cc1ccc(-c2nc(N)c3cc(F)ccc3n2)c(Cl)c1. The maximum absolute atomic E-state index is 13.2. The van der Waals surface area contributed by atoms with Gasteiger partial charge in [0, 0.05) is 10.9 Å². The van der Waals surface area contributed by atoms with Gasteiger partial charge in [0.1, 0.15) is 11.6 Å². The first-order valence-electron chi connectivity index (χ1n) is 6.04. The lowest BCUT2D eigenvalue weighted by Gasteiger charge is -2.07. The van der Waals surface area contributed by atoms with E-state index < -0.39 is 0 Å². The largest absolute Gasteiger partial charge is 0.383 e. The van der Waals surface area contributed by atoms with Crippen molar-refractivity contribution in [1.29, 1.82) is 0 Å². The van der Waals surface area contributed by atoms with Crippen molar-refractivity contribution in [3.05, 3.63) is 52.8 Å². The monoisotopic (exact) mass is 287 g/mol. The minimum absolute atomic E-state index is 0.237. The van der Waals surface area contributed by atoms with Gasteiger partial charge in [0.25, 0.3) is 0 Å². The van der Waals surface area contributed by atoms with Gasteiger partial charge >= 0.3 is 0 Å². The number of nitrogen functional groups attached to an aromatic ring is 1. The molecule has 0 aliphatic carbocycles. The standard InChI is InChI=1S/C15H11ClFN3/c1-8-2-4-10(12(16)6-8)15-19-13-5-3-9(17)7-11(13)14(18)20-15/h2-7H,1H3,(H2,18,19,20). The Bertz CT molecular complexity index is 818. The lowest BCUT2D eigenvalue weighted by molar-refractivity contribution is 0.629. The summed E-state index contributed by atoms with van der Waals surface area (Å²) in [5.74, 6) is 0.307. The van der Waals surface area contributed by atoms with Gasteiger partial charge in [-0.25, -0.2) is 14.4 Å². The van der Waals surface area contributed by atoms with Crippen molar-refractivity contribution in [1.82, 2.24) is 9.97 Å². The van der Waals surface area contributed by atoms with E-state index in [0.29, 0.717) is 27.3 Å². The van der Waals surface area contributed by atoms with E-state index in [4.69, 9.17) is 17.3 Å². The number of aryl methyl sites for hydroxylation is 1. The van der Waals surface area contributed by atoms with Crippen LogP contribution in [-0.4, -0.2) is 9.97 Å². The van der Waals surface area contributed by atoms with E-state index in [0.717, 1.165) is 5.56 Å². The van der Waals surface area contributed by atoms with Crippen LogP contribution in [0.5, 0.6) is 0 Å². The summed E-state index contributed by atoms with van der Waals surface area (Å²) in [5, 5.41) is 1.06. The molecule has 0 spiro atoms. The summed E-state index contributed by atoms with van der Waals surface area (Å²) in [5.41, 5.74) is 8.23. The quantitative estimate of drug-likeness (QED) is 0.736. The van der Waals surface area contributed by atoms with E-state index in [2.05, 4.69) is 9.97 Å². The van der Waals surface area contributed by atoms with Crippen molar-refractivity contribution >= 4 is 28.3 Å². The topological polar surface area (TPSA) is 51.8 Å². The fourth-order valence-corrected chi connectivity index (χ4v) is 2.37. The lowest BCUT2D eigenvalue weighted by atomic mass is 10.1. The molecule has 0 atom stereocenters. The van der Waals surface area contributed by atoms with Crippen LogP contribution >= 0.6 is 11.6 Å². The highest BCUT2D eigenvalue weighted by Crippen LogP contribution is 2.29. The van der Waals surface area contributed by atoms with Gasteiger partial charge in [0.2, 0.25) is 0 Å². The van der Waals surface area contributed by atoms with Crippen LogP contribution in [0.3, 0.4) is 0 Å². The van der Waals surface area contributed by atoms with Crippen molar-refractivity contribution in [3.8, 4) is 11.4 Å². The summed E-state index contributed by atoms with van der Waals surface area (Å²) < 4.78 is 13.2. The van der Waals surface area contributed by atoms with Gasteiger partial charge in [-0.2, -0.15) is 0 Å². The van der Waals surface area contributed by atoms with Gasteiger partial charge in [-0.3, -0.25) is 0 Å². The zero-order chi connectivity index (χ0) is 14.3. The summed E-state index contributed by atoms with van der Waals surface area (Å²) >= 11 is 6.21. The number of nitrogens with zero attached hydrogens (tertiary/aromatic N) is 2. The van der Waals surface area contributed by atoms with Crippen molar-refractivity contribution in [3.63, 3.8) is 0 Å². The zero-order valence-corrected chi connectivity index (χ0v) is 11.4. The molecule has 0 fully saturated rings. The molecule has 5 heteroatoms. The van der Waals surface area contributed by atoms with Gasteiger partial charge in [-0.05, 0) is 42.8 Å². The Hall–Kier alpha value is -2.20. The molecule has 3 rings (SSSR count). The van der Waals surface area contributed by atoms with Crippen LogP contribution in [0.15, 0.2) is 36.4 Å². The van der Waals surface area contributed by atoms with E-state index in [9.17, 15) is 4.39 Å². The molecular weight excluding hydrogens is 277 g/mol. The van der Waals surface area contributed by atoms with Crippen molar-refractivity contribution in [2.45, 2.75) is 6.92 Å². The van der Waals surface area contributed by atoms with Crippen LogP contribution in [0.4, 0.5) is 10.2 Å². The Balaban J connectivity index is 2.24. The van der Waals surface area contributed by atoms with Gasteiger partial charge in [0.15, 0.2) is 5.82 Å². The number of hydrogen-bond donors (Lipinski definition) is 1. The highest BCUT2D eigenvalue weighted by Gasteiger charge is 2.11. The summed E-state index contributed by atoms with van der Waals surface area (Å²) in [7, 11) is 0. The third-order valence-electron chi connectivity index (χ3n) is 3.05. The minimum Gasteiger partial charge on any atom is -0.383 e. The van der Waals surface area contributed by atoms with Crippen LogP contribution in [0.2, 0.25) is 5.02 Å². The fourth-order valence-electron chi connectivity index (χ4n) is 2.05. The molecule has 20 heavy (non-hydrogen) atoms. The first-order valence-corrected chi connectivity index (χ1v) is 6.42. The lowest BCUT2D eigenvalue weighted by Crippen LogP contribution is -1.98. The summed E-state index contributed by atoms with van der Waals surface area (Å²) in [4.78, 5) is 8.61. The molecule has 1 heterocycles.